The van der Waals surface area contributed by atoms with Gasteiger partial charge in [0.05, 0.1) is 19.8 Å². The van der Waals surface area contributed by atoms with Crippen LogP contribution in [0.3, 0.4) is 0 Å². The molecule has 0 fully saturated rings. The molecule has 100 valence electrons. The van der Waals surface area contributed by atoms with Crippen LogP contribution < -0.4 is 14.8 Å². The number of carbonyl (C=O) groups excluding carboxylic acids is 1. The van der Waals surface area contributed by atoms with Crippen molar-refractivity contribution in [1.82, 2.24) is 5.32 Å². The van der Waals surface area contributed by atoms with Gasteiger partial charge in [0, 0.05) is 19.9 Å². The monoisotopic (exact) mass is 253 g/mol. The molecular formula is C13H19NO4. The molecule has 1 atom stereocenters. The lowest BCUT2D eigenvalue weighted by Gasteiger charge is -2.12. The van der Waals surface area contributed by atoms with Crippen LogP contribution in [0.15, 0.2) is 24.3 Å². The highest BCUT2D eigenvalue weighted by Crippen LogP contribution is 2.17. The zero-order chi connectivity index (χ0) is 13.4. The number of hydrogen-bond acceptors (Lipinski definition) is 4. The van der Waals surface area contributed by atoms with Gasteiger partial charge in [0.15, 0.2) is 0 Å². The van der Waals surface area contributed by atoms with E-state index in [0.29, 0.717) is 13.0 Å². The highest BCUT2D eigenvalue weighted by molar-refractivity contribution is 5.72. The van der Waals surface area contributed by atoms with Crippen molar-refractivity contribution in [3.05, 3.63) is 24.3 Å². The van der Waals surface area contributed by atoms with Gasteiger partial charge < -0.3 is 19.9 Å². The molecule has 18 heavy (non-hydrogen) atoms. The average molecular weight is 253 g/mol. The second kappa shape index (κ2) is 7.55. The van der Waals surface area contributed by atoms with Crippen LogP contribution in [0.1, 0.15) is 13.3 Å². The third kappa shape index (κ3) is 5.54. The van der Waals surface area contributed by atoms with Crippen LogP contribution >= 0.6 is 0 Å². The maximum atomic E-state index is 10.6. The molecule has 0 saturated carbocycles. The number of methoxy groups -OCH3 is 1. The number of benzene rings is 1. The van der Waals surface area contributed by atoms with E-state index in [-0.39, 0.29) is 12.5 Å². The number of amides is 1. The van der Waals surface area contributed by atoms with Crippen LogP contribution in [0.2, 0.25) is 0 Å². The van der Waals surface area contributed by atoms with Crippen LogP contribution in [0.4, 0.5) is 0 Å². The standard InChI is InChI=1S/C13H19NO4/c1-10(15)14-9-11(16)7-8-18-13-5-3-12(17-2)4-6-13/h3-6,11,16H,7-9H2,1-2H3,(H,14,15)/t11-/m1/s1. The minimum absolute atomic E-state index is 0.148. The summed E-state index contributed by atoms with van der Waals surface area (Å²) >= 11 is 0. The lowest BCUT2D eigenvalue weighted by Crippen LogP contribution is -2.31. The topological polar surface area (TPSA) is 67.8 Å². The fourth-order valence-electron chi connectivity index (χ4n) is 1.35. The largest absolute Gasteiger partial charge is 0.497 e. The molecule has 0 radical (unpaired) electrons. The molecule has 1 aromatic carbocycles. The van der Waals surface area contributed by atoms with Gasteiger partial charge in [-0.1, -0.05) is 0 Å². The number of nitrogens with one attached hydrogen (secondary N) is 1. The molecule has 0 aliphatic carbocycles. The number of aliphatic hydroxyl groups is 1. The molecule has 0 unspecified atom stereocenters. The second-order valence-corrected chi connectivity index (χ2v) is 3.90. The van der Waals surface area contributed by atoms with Gasteiger partial charge in [-0.05, 0) is 24.3 Å². The van der Waals surface area contributed by atoms with Crippen LogP contribution in [0, 0.1) is 0 Å². The Morgan fingerprint density at radius 1 is 1.33 bits per heavy atom. The van der Waals surface area contributed by atoms with E-state index in [1.54, 1.807) is 19.2 Å². The highest BCUT2D eigenvalue weighted by atomic mass is 16.5. The Bertz CT molecular complexity index is 364. The number of carbonyl (C=O) groups is 1. The van der Waals surface area contributed by atoms with Gasteiger partial charge in [0.2, 0.25) is 5.91 Å². The Labute approximate surface area is 107 Å². The second-order valence-electron chi connectivity index (χ2n) is 3.90. The summed E-state index contributed by atoms with van der Waals surface area (Å²) in [7, 11) is 1.61. The predicted molar refractivity (Wildman–Crippen MR) is 67.8 cm³/mol. The van der Waals surface area contributed by atoms with E-state index < -0.39 is 6.10 Å². The van der Waals surface area contributed by atoms with E-state index in [9.17, 15) is 9.90 Å². The van der Waals surface area contributed by atoms with Crippen molar-refractivity contribution in [3.8, 4) is 11.5 Å². The summed E-state index contributed by atoms with van der Waals surface area (Å²) in [5.41, 5.74) is 0. The lowest BCUT2D eigenvalue weighted by atomic mass is 10.2. The quantitative estimate of drug-likeness (QED) is 0.759. The van der Waals surface area contributed by atoms with E-state index in [4.69, 9.17) is 9.47 Å². The molecule has 1 amide bonds. The minimum Gasteiger partial charge on any atom is -0.497 e. The molecule has 0 aromatic heterocycles. The maximum Gasteiger partial charge on any atom is 0.216 e. The molecule has 0 aliphatic rings. The van der Waals surface area contributed by atoms with E-state index in [2.05, 4.69) is 5.32 Å². The maximum absolute atomic E-state index is 10.6. The summed E-state index contributed by atoms with van der Waals surface area (Å²) < 4.78 is 10.5. The van der Waals surface area contributed by atoms with Gasteiger partial charge in [-0.3, -0.25) is 4.79 Å². The van der Waals surface area contributed by atoms with Gasteiger partial charge in [-0.25, -0.2) is 0 Å². The molecule has 2 N–H and O–H groups in total. The zero-order valence-electron chi connectivity index (χ0n) is 10.7. The summed E-state index contributed by atoms with van der Waals surface area (Å²) in [6.45, 7) is 2.06. The van der Waals surface area contributed by atoms with Crippen LogP contribution in [0.25, 0.3) is 0 Å². The van der Waals surface area contributed by atoms with Gasteiger partial charge >= 0.3 is 0 Å². The Balaban J connectivity index is 2.22. The molecule has 1 aromatic rings. The Morgan fingerprint density at radius 3 is 2.50 bits per heavy atom. The van der Waals surface area contributed by atoms with Gasteiger partial charge in [-0.15, -0.1) is 0 Å². The molecule has 5 nitrogen and oxygen atoms in total. The molecular weight excluding hydrogens is 234 g/mol. The fraction of sp³-hybridized carbons (Fsp3) is 0.462. The molecule has 0 heterocycles. The van der Waals surface area contributed by atoms with Crippen molar-refractivity contribution in [2.24, 2.45) is 0 Å². The normalized spacial score (nSPS) is 11.7. The predicted octanol–water partition coefficient (Wildman–Crippen LogP) is 0.961. The minimum atomic E-state index is -0.591. The van der Waals surface area contributed by atoms with E-state index in [1.807, 2.05) is 12.1 Å². The molecule has 0 bridgehead atoms. The molecule has 0 aliphatic heterocycles. The van der Waals surface area contributed by atoms with E-state index in [0.717, 1.165) is 11.5 Å². The van der Waals surface area contributed by atoms with Gasteiger partial charge in [0.1, 0.15) is 11.5 Å². The number of rotatable bonds is 7. The van der Waals surface area contributed by atoms with E-state index in [1.165, 1.54) is 6.92 Å². The summed E-state index contributed by atoms with van der Waals surface area (Å²) in [5.74, 6) is 1.35. The highest BCUT2D eigenvalue weighted by Gasteiger charge is 2.05. The summed E-state index contributed by atoms with van der Waals surface area (Å²) in [5, 5.41) is 12.1. The summed E-state index contributed by atoms with van der Waals surface area (Å²) in [6, 6.07) is 7.23. The van der Waals surface area contributed by atoms with Crippen molar-refractivity contribution in [1.29, 1.82) is 0 Å². The van der Waals surface area contributed by atoms with Crippen molar-refractivity contribution in [3.63, 3.8) is 0 Å². The summed E-state index contributed by atoms with van der Waals surface area (Å²) in [6.07, 6.45) is -0.126. The van der Waals surface area contributed by atoms with E-state index >= 15 is 0 Å². The Kier molecular flexibility index (Phi) is 6.00. The SMILES string of the molecule is COc1ccc(OCC[C@@H](O)CNC(C)=O)cc1. The lowest BCUT2D eigenvalue weighted by molar-refractivity contribution is -0.119. The van der Waals surface area contributed by atoms with Crippen molar-refractivity contribution < 1.29 is 19.4 Å². The first kappa shape index (κ1) is 14.3. The third-order valence-corrected chi connectivity index (χ3v) is 2.37. The average Bonchev–Trinajstić information content (AvgIpc) is 2.37. The number of ether oxygens (including phenoxy) is 2. The molecule has 0 spiro atoms. The van der Waals surface area contributed by atoms with Crippen LogP contribution in [-0.2, 0) is 4.79 Å². The third-order valence-electron chi connectivity index (χ3n) is 2.37. The first-order valence-corrected chi connectivity index (χ1v) is 5.81. The Morgan fingerprint density at radius 2 is 1.94 bits per heavy atom. The smallest absolute Gasteiger partial charge is 0.216 e. The van der Waals surface area contributed by atoms with Crippen LogP contribution in [0.5, 0.6) is 11.5 Å². The molecule has 1 rings (SSSR count). The Hall–Kier alpha value is -1.75. The van der Waals surface area contributed by atoms with Gasteiger partial charge in [-0.2, -0.15) is 0 Å². The first-order chi connectivity index (χ1) is 8.61. The van der Waals surface area contributed by atoms with Crippen molar-refractivity contribution >= 4 is 5.91 Å². The van der Waals surface area contributed by atoms with Crippen LogP contribution in [-0.4, -0.2) is 37.4 Å². The zero-order valence-corrected chi connectivity index (χ0v) is 10.7. The first-order valence-electron chi connectivity index (χ1n) is 5.81. The summed E-state index contributed by atoms with van der Waals surface area (Å²) in [4.78, 5) is 10.6. The van der Waals surface area contributed by atoms with Gasteiger partial charge in [0.25, 0.3) is 0 Å². The van der Waals surface area contributed by atoms with Crippen molar-refractivity contribution in [2.45, 2.75) is 19.4 Å². The van der Waals surface area contributed by atoms with Crippen molar-refractivity contribution in [2.75, 3.05) is 20.3 Å². The number of hydrogen-bond donors (Lipinski definition) is 2. The fourth-order valence-corrected chi connectivity index (χ4v) is 1.35. The molecule has 0 saturated heterocycles. The number of aliphatic hydroxyl groups excluding tert-OH is 1. The molecule has 5 heteroatoms.